The van der Waals surface area contributed by atoms with E-state index in [9.17, 15) is 0 Å². The maximum Gasteiger partial charge on any atom is 0.135 e. The number of benzene rings is 3. The van der Waals surface area contributed by atoms with Crippen LogP contribution in [0.15, 0.2) is 66.7 Å². The van der Waals surface area contributed by atoms with Gasteiger partial charge in [-0.15, -0.1) is 0 Å². The molecule has 26 heavy (non-hydrogen) atoms. The van der Waals surface area contributed by atoms with Crippen LogP contribution < -0.4 is 4.74 Å². The van der Waals surface area contributed by atoms with Crippen LogP contribution in [-0.2, 0) is 6.42 Å². The average molecular weight is 346 g/mol. The second kappa shape index (κ2) is 7.90. The highest BCUT2D eigenvalue weighted by Crippen LogP contribution is 2.29. The Morgan fingerprint density at radius 3 is 2.35 bits per heavy atom. The number of rotatable bonds is 5. The number of ether oxygens (including phenoxy) is 1. The SMILES string of the molecule is CN1CCN(CCc2ccc(Oc3cccc4ccccc34)cc2)CC1. The lowest BCUT2D eigenvalue weighted by Gasteiger charge is -2.32. The molecule has 0 aromatic heterocycles. The van der Waals surface area contributed by atoms with Gasteiger partial charge in [-0.1, -0.05) is 48.5 Å². The van der Waals surface area contributed by atoms with Crippen molar-refractivity contribution in [1.29, 1.82) is 0 Å². The van der Waals surface area contributed by atoms with Crippen LogP contribution in [0.2, 0.25) is 0 Å². The number of piperazine rings is 1. The third-order valence-electron chi connectivity index (χ3n) is 5.21. The monoisotopic (exact) mass is 346 g/mol. The van der Waals surface area contributed by atoms with Gasteiger partial charge in [-0.3, -0.25) is 0 Å². The highest BCUT2D eigenvalue weighted by Gasteiger charge is 2.13. The number of hydrogen-bond acceptors (Lipinski definition) is 3. The number of hydrogen-bond donors (Lipinski definition) is 0. The normalized spacial score (nSPS) is 16.0. The zero-order valence-corrected chi connectivity index (χ0v) is 15.4. The van der Waals surface area contributed by atoms with Gasteiger partial charge in [-0.2, -0.15) is 0 Å². The number of fused-ring (bicyclic) bond motifs is 1. The molecule has 0 aliphatic carbocycles. The average Bonchev–Trinajstić information content (AvgIpc) is 2.69. The zero-order chi connectivity index (χ0) is 17.8. The van der Waals surface area contributed by atoms with Gasteiger partial charge in [0.25, 0.3) is 0 Å². The van der Waals surface area contributed by atoms with E-state index in [-0.39, 0.29) is 0 Å². The topological polar surface area (TPSA) is 15.7 Å². The summed E-state index contributed by atoms with van der Waals surface area (Å²) in [6.45, 7) is 5.85. The van der Waals surface area contributed by atoms with Gasteiger partial charge in [0.2, 0.25) is 0 Å². The summed E-state index contributed by atoms with van der Waals surface area (Å²) < 4.78 is 6.14. The molecule has 3 nitrogen and oxygen atoms in total. The van der Waals surface area contributed by atoms with Crippen LogP contribution >= 0.6 is 0 Å². The van der Waals surface area contributed by atoms with Crippen molar-refractivity contribution < 1.29 is 4.74 Å². The molecule has 3 aromatic carbocycles. The molecule has 1 fully saturated rings. The van der Waals surface area contributed by atoms with Crippen LogP contribution in [-0.4, -0.2) is 49.6 Å². The van der Waals surface area contributed by atoms with Crippen LogP contribution in [0.5, 0.6) is 11.5 Å². The second-order valence-corrected chi connectivity index (χ2v) is 7.12. The van der Waals surface area contributed by atoms with Gasteiger partial charge >= 0.3 is 0 Å². The Hall–Kier alpha value is -2.36. The molecule has 0 radical (unpaired) electrons. The van der Waals surface area contributed by atoms with Crippen molar-refractivity contribution in [3.05, 3.63) is 72.3 Å². The first kappa shape index (κ1) is 17.1. The van der Waals surface area contributed by atoms with E-state index in [0.717, 1.165) is 29.9 Å². The Bertz CT molecular complexity index is 846. The highest BCUT2D eigenvalue weighted by atomic mass is 16.5. The van der Waals surface area contributed by atoms with Gasteiger partial charge < -0.3 is 14.5 Å². The van der Waals surface area contributed by atoms with E-state index in [1.807, 2.05) is 12.1 Å². The largest absolute Gasteiger partial charge is 0.457 e. The Morgan fingerprint density at radius 1 is 0.808 bits per heavy atom. The molecule has 0 N–H and O–H groups in total. The molecule has 1 aliphatic rings. The molecule has 134 valence electrons. The standard InChI is InChI=1S/C23H26N2O/c1-24-15-17-25(18-16-24)14-13-19-9-11-21(12-10-19)26-23-8-4-6-20-5-2-3-7-22(20)23/h2-12H,13-18H2,1H3. The number of likely N-dealkylation sites (N-methyl/N-ethyl adjacent to an activating group) is 1. The first-order valence-electron chi connectivity index (χ1n) is 9.43. The molecule has 0 amide bonds. The Morgan fingerprint density at radius 2 is 1.54 bits per heavy atom. The van der Waals surface area contributed by atoms with Crippen LogP contribution in [0, 0.1) is 0 Å². The fourth-order valence-electron chi connectivity index (χ4n) is 3.49. The van der Waals surface area contributed by atoms with Crippen molar-refractivity contribution in [2.75, 3.05) is 39.8 Å². The minimum atomic E-state index is 0.893. The van der Waals surface area contributed by atoms with Crippen molar-refractivity contribution >= 4 is 10.8 Å². The molecule has 0 atom stereocenters. The third kappa shape index (κ3) is 4.06. The molecule has 3 heteroatoms. The van der Waals surface area contributed by atoms with Crippen LogP contribution in [0.1, 0.15) is 5.56 Å². The Labute approximate surface area is 155 Å². The summed E-state index contributed by atoms with van der Waals surface area (Å²) >= 11 is 0. The molecule has 4 rings (SSSR count). The van der Waals surface area contributed by atoms with E-state index in [4.69, 9.17) is 4.74 Å². The first-order chi connectivity index (χ1) is 12.8. The quantitative estimate of drug-likeness (QED) is 0.680. The van der Waals surface area contributed by atoms with Crippen molar-refractivity contribution in [1.82, 2.24) is 9.80 Å². The second-order valence-electron chi connectivity index (χ2n) is 7.12. The van der Waals surface area contributed by atoms with Crippen LogP contribution in [0.3, 0.4) is 0 Å². The summed E-state index contributed by atoms with van der Waals surface area (Å²) in [6, 6.07) is 23.1. The molecule has 1 saturated heterocycles. The predicted octanol–water partition coefficient (Wildman–Crippen LogP) is 4.42. The van der Waals surface area contributed by atoms with Crippen molar-refractivity contribution in [2.24, 2.45) is 0 Å². The highest BCUT2D eigenvalue weighted by molar-refractivity contribution is 5.88. The van der Waals surface area contributed by atoms with Crippen LogP contribution in [0.4, 0.5) is 0 Å². The maximum atomic E-state index is 6.14. The first-order valence-corrected chi connectivity index (χ1v) is 9.43. The minimum Gasteiger partial charge on any atom is -0.457 e. The molecule has 0 bridgehead atoms. The molecule has 0 unspecified atom stereocenters. The summed E-state index contributed by atoms with van der Waals surface area (Å²) in [7, 11) is 2.20. The van der Waals surface area contributed by atoms with E-state index >= 15 is 0 Å². The van der Waals surface area contributed by atoms with Crippen LogP contribution in [0.25, 0.3) is 10.8 Å². The molecular weight excluding hydrogens is 320 g/mol. The van der Waals surface area contributed by atoms with E-state index in [1.165, 1.54) is 37.1 Å². The maximum absolute atomic E-state index is 6.14. The molecule has 3 aromatic rings. The zero-order valence-electron chi connectivity index (χ0n) is 15.4. The summed E-state index contributed by atoms with van der Waals surface area (Å²) in [5.41, 5.74) is 1.37. The van der Waals surface area contributed by atoms with E-state index < -0.39 is 0 Å². The minimum absolute atomic E-state index is 0.893. The predicted molar refractivity (Wildman–Crippen MR) is 108 cm³/mol. The summed E-state index contributed by atoms with van der Waals surface area (Å²) in [5, 5.41) is 2.35. The third-order valence-corrected chi connectivity index (χ3v) is 5.21. The fraction of sp³-hybridized carbons (Fsp3) is 0.304. The summed E-state index contributed by atoms with van der Waals surface area (Å²) in [4.78, 5) is 4.95. The van der Waals surface area contributed by atoms with Gasteiger partial charge in [-0.25, -0.2) is 0 Å². The Balaban J connectivity index is 1.38. The van der Waals surface area contributed by atoms with E-state index in [2.05, 4.69) is 71.4 Å². The van der Waals surface area contributed by atoms with Crippen molar-refractivity contribution in [2.45, 2.75) is 6.42 Å². The fourth-order valence-corrected chi connectivity index (χ4v) is 3.49. The lowest BCUT2D eigenvalue weighted by Crippen LogP contribution is -2.45. The summed E-state index contributed by atoms with van der Waals surface area (Å²) in [6.07, 6.45) is 1.10. The van der Waals surface area contributed by atoms with E-state index in [1.54, 1.807) is 0 Å². The molecule has 0 spiro atoms. The van der Waals surface area contributed by atoms with Crippen molar-refractivity contribution in [3.8, 4) is 11.5 Å². The molecule has 1 heterocycles. The number of nitrogens with zero attached hydrogens (tertiary/aromatic N) is 2. The van der Waals surface area contributed by atoms with Gasteiger partial charge in [0.05, 0.1) is 0 Å². The van der Waals surface area contributed by atoms with Crippen molar-refractivity contribution in [3.63, 3.8) is 0 Å². The molecular formula is C23H26N2O. The smallest absolute Gasteiger partial charge is 0.135 e. The Kier molecular flexibility index (Phi) is 5.19. The van der Waals surface area contributed by atoms with Gasteiger partial charge in [0, 0.05) is 38.1 Å². The van der Waals surface area contributed by atoms with Gasteiger partial charge in [0.15, 0.2) is 0 Å². The summed E-state index contributed by atoms with van der Waals surface area (Å²) in [5.74, 6) is 1.80. The lowest BCUT2D eigenvalue weighted by atomic mass is 10.1. The molecule has 1 aliphatic heterocycles. The van der Waals surface area contributed by atoms with Gasteiger partial charge in [-0.05, 0) is 42.6 Å². The lowest BCUT2D eigenvalue weighted by molar-refractivity contribution is 0.155. The van der Waals surface area contributed by atoms with Gasteiger partial charge in [0.1, 0.15) is 11.5 Å². The molecule has 0 saturated carbocycles. The van der Waals surface area contributed by atoms with E-state index in [0.29, 0.717) is 0 Å².